The van der Waals surface area contributed by atoms with Gasteiger partial charge >= 0.3 is 0 Å². The average molecular weight is 516 g/mol. The van der Waals surface area contributed by atoms with Gasteiger partial charge in [0.05, 0.1) is 30.1 Å². The number of hydrogen-bond donors (Lipinski definition) is 0. The van der Waals surface area contributed by atoms with Gasteiger partial charge in [-0.3, -0.25) is 4.79 Å². The number of aromatic nitrogens is 3. The van der Waals surface area contributed by atoms with Gasteiger partial charge in [-0.05, 0) is 70.3 Å². The van der Waals surface area contributed by atoms with Crippen LogP contribution in [-0.4, -0.2) is 83.7 Å². The number of nitriles is 1. The summed E-state index contributed by atoms with van der Waals surface area (Å²) in [6.45, 7) is 6.98. The van der Waals surface area contributed by atoms with E-state index in [4.69, 9.17) is 9.72 Å². The number of rotatable bonds is 8. The highest BCUT2D eigenvalue weighted by molar-refractivity contribution is 5.85. The second-order valence-corrected chi connectivity index (χ2v) is 10.9. The minimum Gasteiger partial charge on any atom is -0.492 e. The topological polar surface area (TPSA) is 90.0 Å². The van der Waals surface area contributed by atoms with Gasteiger partial charge in [-0.1, -0.05) is 0 Å². The molecule has 5 heterocycles. The first kappa shape index (κ1) is 26.0. The fraction of sp³-hybridized carbons (Fsp3) is 0.517. The molecule has 1 amide bonds. The van der Waals surface area contributed by atoms with Crippen LogP contribution < -0.4 is 9.64 Å². The standard InChI is InChI=1S/C29H37N7O2/c1-4-38-24-15-25(28-23(17-30)19-32-36(28)20-24)22-7-8-26(31-18-22)34-13-9-29(10-14-34,21-33(2)3)16-27(37)35-11-5-6-12-35/h7-8,15,18-20H,4-6,9-14,16,21H2,1-3H3. The van der Waals surface area contributed by atoms with Crippen LogP contribution >= 0.6 is 0 Å². The molecule has 200 valence electrons. The van der Waals surface area contributed by atoms with Gasteiger partial charge < -0.3 is 19.4 Å². The highest BCUT2D eigenvalue weighted by Crippen LogP contribution is 2.38. The molecule has 3 aromatic heterocycles. The molecule has 2 aliphatic rings. The molecule has 9 heteroatoms. The summed E-state index contributed by atoms with van der Waals surface area (Å²) < 4.78 is 7.44. The Morgan fingerprint density at radius 1 is 1.16 bits per heavy atom. The van der Waals surface area contributed by atoms with Crippen LogP contribution in [0.1, 0.15) is 44.6 Å². The molecule has 5 rings (SSSR count). The van der Waals surface area contributed by atoms with Crippen LogP contribution in [0.25, 0.3) is 16.6 Å². The second-order valence-electron chi connectivity index (χ2n) is 10.9. The maximum atomic E-state index is 13.1. The molecule has 0 atom stereocenters. The zero-order chi connectivity index (χ0) is 26.7. The van der Waals surface area contributed by atoms with Crippen LogP contribution in [0.4, 0.5) is 5.82 Å². The number of likely N-dealkylation sites (tertiary alicyclic amines) is 1. The van der Waals surface area contributed by atoms with Crippen LogP contribution in [0.2, 0.25) is 0 Å². The SMILES string of the molecule is CCOc1cc(-c2ccc(N3CCC(CC(=O)N4CCCC4)(CN(C)C)CC3)nc2)c2c(C#N)cnn2c1. The van der Waals surface area contributed by atoms with E-state index >= 15 is 0 Å². The summed E-state index contributed by atoms with van der Waals surface area (Å²) in [5.41, 5.74) is 3.05. The Morgan fingerprint density at radius 2 is 1.92 bits per heavy atom. The van der Waals surface area contributed by atoms with Crippen molar-refractivity contribution < 1.29 is 9.53 Å². The smallest absolute Gasteiger partial charge is 0.223 e. The van der Waals surface area contributed by atoms with Crippen molar-refractivity contribution in [2.75, 3.05) is 58.3 Å². The molecule has 9 nitrogen and oxygen atoms in total. The summed E-state index contributed by atoms with van der Waals surface area (Å²) in [5, 5.41) is 14.0. The van der Waals surface area contributed by atoms with Gasteiger partial charge in [0.2, 0.25) is 5.91 Å². The van der Waals surface area contributed by atoms with Crippen LogP contribution in [0, 0.1) is 16.7 Å². The van der Waals surface area contributed by atoms with Crippen molar-refractivity contribution >= 4 is 17.2 Å². The largest absolute Gasteiger partial charge is 0.492 e. The average Bonchev–Trinajstić information content (AvgIpc) is 3.59. The molecule has 0 bridgehead atoms. The molecule has 3 aromatic rings. The van der Waals surface area contributed by atoms with E-state index in [0.717, 1.165) is 80.9 Å². The summed E-state index contributed by atoms with van der Waals surface area (Å²) in [6.07, 6.45) is 10.1. The third kappa shape index (κ3) is 5.32. The first-order valence-electron chi connectivity index (χ1n) is 13.6. The Hall–Kier alpha value is -3.64. The van der Waals surface area contributed by atoms with E-state index < -0.39 is 0 Å². The number of amides is 1. The quantitative estimate of drug-likeness (QED) is 0.450. The van der Waals surface area contributed by atoms with E-state index in [0.29, 0.717) is 30.2 Å². The van der Waals surface area contributed by atoms with Crippen molar-refractivity contribution in [3.63, 3.8) is 0 Å². The van der Waals surface area contributed by atoms with E-state index in [1.807, 2.05) is 19.2 Å². The molecule has 0 unspecified atom stereocenters. The summed E-state index contributed by atoms with van der Waals surface area (Å²) in [7, 11) is 4.20. The number of ether oxygens (including phenoxy) is 1. The molecule has 0 saturated carbocycles. The van der Waals surface area contributed by atoms with Crippen LogP contribution in [0.15, 0.2) is 36.8 Å². The van der Waals surface area contributed by atoms with Crippen molar-refractivity contribution in [1.29, 1.82) is 5.26 Å². The first-order chi connectivity index (χ1) is 18.4. The number of piperidine rings is 1. The Morgan fingerprint density at radius 3 is 2.55 bits per heavy atom. The Balaban J connectivity index is 1.33. The normalized spacial score (nSPS) is 17.2. The molecule has 0 spiro atoms. The van der Waals surface area contributed by atoms with Gasteiger partial charge in [0.1, 0.15) is 17.6 Å². The number of fused-ring (bicyclic) bond motifs is 1. The van der Waals surface area contributed by atoms with Crippen LogP contribution in [0.5, 0.6) is 5.75 Å². The summed E-state index contributed by atoms with van der Waals surface area (Å²) >= 11 is 0. The number of pyridine rings is 2. The van der Waals surface area contributed by atoms with Crippen molar-refractivity contribution in [2.45, 2.75) is 39.0 Å². The van der Waals surface area contributed by atoms with Crippen molar-refractivity contribution in [2.24, 2.45) is 5.41 Å². The van der Waals surface area contributed by atoms with Gasteiger partial charge in [0, 0.05) is 56.5 Å². The number of carbonyl (C=O) groups excluding carboxylic acids is 1. The maximum absolute atomic E-state index is 13.1. The fourth-order valence-electron chi connectivity index (χ4n) is 6.05. The lowest BCUT2D eigenvalue weighted by Gasteiger charge is -2.44. The molecule has 0 N–H and O–H groups in total. The molecular formula is C29H37N7O2. The van der Waals surface area contributed by atoms with E-state index in [1.165, 1.54) is 0 Å². The van der Waals surface area contributed by atoms with Gasteiger partial charge in [-0.2, -0.15) is 10.4 Å². The van der Waals surface area contributed by atoms with E-state index in [2.05, 4.69) is 52.1 Å². The third-order valence-corrected chi connectivity index (χ3v) is 7.86. The highest BCUT2D eigenvalue weighted by atomic mass is 16.5. The maximum Gasteiger partial charge on any atom is 0.223 e. The molecular weight excluding hydrogens is 478 g/mol. The zero-order valence-corrected chi connectivity index (χ0v) is 22.7. The Labute approximate surface area is 224 Å². The Bertz CT molecular complexity index is 1310. The predicted molar refractivity (Wildman–Crippen MR) is 147 cm³/mol. The van der Waals surface area contributed by atoms with Gasteiger partial charge in [-0.25, -0.2) is 9.50 Å². The molecule has 0 aliphatic carbocycles. The highest BCUT2D eigenvalue weighted by Gasteiger charge is 2.38. The molecule has 0 aromatic carbocycles. The van der Waals surface area contributed by atoms with Crippen LogP contribution in [-0.2, 0) is 4.79 Å². The minimum absolute atomic E-state index is 0.000634. The lowest BCUT2D eigenvalue weighted by Crippen LogP contribution is -2.47. The summed E-state index contributed by atoms with van der Waals surface area (Å²) in [6, 6.07) is 8.30. The molecule has 38 heavy (non-hydrogen) atoms. The number of hydrogen-bond acceptors (Lipinski definition) is 7. The van der Waals surface area contributed by atoms with Gasteiger partial charge in [0.25, 0.3) is 0 Å². The van der Waals surface area contributed by atoms with E-state index in [1.54, 1.807) is 16.9 Å². The molecule has 0 radical (unpaired) electrons. The number of anilines is 1. The second kappa shape index (κ2) is 11.0. The van der Waals surface area contributed by atoms with Gasteiger partial charge in [-0.15, -0.1) is 0 Å². The number of carbonyl (C=O) groups is 1. The summed E-state index contributed by atoms with van der Waals surface area (Å²) in [4.78, 5) is 24.5. The predicted octanol–water partition coefficient (Wildman–Crippen LogP) is 3.83. The van der Waals surface area contributed by atoms with E-state index in [9.17, 15) is 10.1 Å². The minimum atomic E-state index is 0.000634. The first-order valence-corrected chi connectivity index (χ1v) is 13.6. The molecule has 2 aliphatic heterocycles. The fourth-order valence-corrected chi connectivity index (χ4v) is 6.05. The third-order valence-electron chi connectivity index (χ3n) is 7.86. The van der Waals surface area contributed by atoms with Crippen molar-refractivity contribution in [3.8, 4) is 22.9 Å². The van der Waals surface area contributed by atoms with Crippen molar-refractivity contribution in [3.05, 3.63) is 42.4 Å². The zero-order valence-electron chi connectivity index (χ0n) is 22.7. The van der Waals surface area contributed by atoms with Crippen LogP contribution in [0.3, 0.4) is 0 Å². The molecule has 2 saturated heterocycles. The van der Waals surface area contributed by atoms with Gasteiger partial charge in [0.15, 0.2) is 0 Å². The van der Waals surface area contributed by atoms with Crippen molar-refractivity contribution in [1.82, 2.24) is 24.4 Å². The lowest BCUT2D eigenvalue weighted by atomic mass is 9.74. The lowest BCUT2D eigenvalue weighted by molar-refractivity contribution is -0.133. The summed E-state index contributed by atoms with van der Waals surface area (Å²) in [5.74, 6) is 1.95. The monoisotopic (exact) mass is 515 g/mol. The van der Waals surface area contributed by atoms with E-state index in [-0.39, 0.29) is 5.41 Å². The Kier molecular flexibility index (Phi) is 7.52. The number of nitrogens with zero attached hydrogens (tertiary/aromatic N) is 7. The molecule has 2 fully saturated rings.